The lowest BCUT2D eigenvalue weighted by molar-refractivity contribution is 0.462. The predicted molar refractivity (Wildman–Crippen MR) is 52.8 cm³/mol. The van der Waals surface area contributed by atoms with Crippen LogP contribution in [-0.2, 0) is 0 Å². The highest BCUT2D eigenvalue weighted by Gasteiger charge is 2.08. The molecule has 0 spiro atoms. The summed E-state index contributed by atoms with van der Waals surface area (Å²) in [5, 5.41) is 0.827. The Hall–Kier alpha value is -0.230. The summed E-state index contributed by atoms with van der Waals surface area (Å²) in [5.41, 5.74) is 0.294. The molecule has 64 valence electrons. The third-order valence-corrected chi connectivity index (χ3v) is 1.91. The fourth-order valence-electron chi connectivity index (χ4n) is 0.559. The first-order chi connectivity index (χ1) is 4.98. The zero-order chi connectivity index (χ0) is 8.91. The van der Waals surface area contributed by atoms with Gasteiger partial charge in [-0.3, -0.25) is 0 Å². The van der Waals surface area contributed by atoms with E-state index >= 15 is 0 Å². The molecule has 0 radical (unpaired) electrons. The van der Waals surface area contributed by atoms with Crippen LogP contribution in [0.5, 0.6) is 0 Å². The Morgan fingerprint density at radius 3 is 2.36 bits per heavy atom. The monoisotopic (exact) mass is 172 g/mol. The van der Waals surface area contributed by atoms with Gasteiger partial charge in [-0.25, -0.2) is 0 Å². The van der Waals surface area contributed by atoms with Crippen LogP contribution >= 0.6 is 11.6 Å². The van der Waals surface area contributed by atoms with Crippen molar-refractivity contribution in [1.29, 1.82) is 0 Å². The van der Waals surface area contributed by atoms with Crippen molar-refractivity contribution in [2.45, 2.75) is 34.1 Å². The van der Waals surface area contributed by atoms with Crippen LogP contribution in [0.15, 0.2) is 23.3 Å². The van der Waals surface area contributed by atoms with Crippen molar-refractivity contribution >= 4 is 11.6 Å². The van der Waals surface area contributed by atoms with E-state index in [0.29, 0.717) is 5.41 Å². The summed E-state index contributed by atoms with van der Waals surface area (Å²) < 4.78 is 0. The van der Waals surface area contributed by atoms with E-state index in [-0.39, 0.29) is 0 Å². The maximum atomic E-state index is 5.66. The normalized spacial score (nSPS) is 14.5. The average Bonchev–Trinajstić information content (AvgIpc) is 1.87. The first-order valence-corrected chi connectivity index (χ1v) is 4.37. The van der Waals surface area contributed by atoms with Crippen molar-refractivity contribution in [2.24, 2.45) is 5.41 Å². The SMILES string of the molecule is CCC(C)(C)/C=C\C=C(/C)Cl. The molecular formula is C10H17Cl. The lowest BCUT2D eigenvalue weighted by Gasteiger charge is -2.15. The van der Waals surface area contributed by atoms with Gasteiger partial charge in [0.05, 0.1) is 0 Å². The molecule has 0 aromatic heterocycles. The number of allylic oxidation sites excluding steroid dienone is 4. The van der Waals surface area contributed by atoms with Gasteiger partial charge in [0.1, 0.15) is 0 Å². The van der Waals surface area contributed by atoms with Gasteiger partial charge in [0, 0.05) is 5.03 Å². The molecule has 0 atom stereocenters. The van der Waals surface area contributed by atoms with Crippen molar-refractivity contribution in [2.75, 3.05) is 0 Å². The highest BCUT2D eigenvalue weighted by molar-refractivity contribution is 6.29. The highest BCUT2D eigenvalue weighted by atomic mass is 35.5. The van der Waals surface area contributed by atoms with Crippen LogP contribution in [0.3, 0.4) is 0 Å². The average molecular weight is 173 g/mol. The summed E-state index contributed by atoms with van der Waals surface area (Å²) in [4.78, 5) is 0. The molecule has 0 nitrogen and oxygen atoms in total. The molecule has 0 aliphatic carbocycles. The molecule has 11 heavy (non-hydrogen) atoms. The maximum absolute atomic E-state index is 5.66. The molecule has 0 unspecified atom stereocenters. The van der Waals surface area contributed by atoms with Crippen LogP contribution < -0.4 is 0 Å². The van der Waals surface area contributed by atoms with Gasteiger partial charge in [-0.15, -0.1) is 0 Å². The minimum Gasteiger partial charge on any atom is -0.0895 e. The number of hydrogen-bond donors (Lipinski definition) is 0. The van der Waals surface area contributed by atoms with Gasteiger partial charge in [0.25, 0.3) is 0 Å². The Morgan fingerprint density at radius 1 is 1.45 bits per heavy atom. The summed E-state index contributed by atoms with van der Waals surface area (Å²) in [7, 11) is 0. The fourth-order valence-corrected chi connectivity index (χ4v) is 0.632. The third-order valence-electron chi connectivity index (χ3n) is 1.78. The van der Waals surface area contributed by atoms with E-state index in [1.165, 1.54) is 0 Å². The summed E-state index contributed by atoms with van der Waals surface area (Å²) in [6.45, 7) is 8.48. The Kier molecular flexibility index (Phi) is 4.51. The van der Waals surface area contributed by atoms with E-state index in [1.54, 1.807) is 0 Å². The maximum Gasteiger partial charge on any atom is 0.0149 e. The molecule has 0 N–H and O–H groups in total. The molecule has 0 bridgehead atoms. The number of halogens is 1. The molecule has 0 saturated heterocycles. The molecule has 0 fully saturated rings. The summed E-state index contributed by atoms with van der Waals surface area (Å²) in [6, 6.07) is 0. The second kappa shape index (κ2) is 4.61. The topological polar surface area (TPSA) is 0 Å². The molecule has 0 heterocycles. The van der Waals surface area contributed by atoms with Crippen molar-refractivity contribution in [1.82, 2.24) is 0 Å². The standard InChI is InChI=1S/C10H17Cl/c1-5-10(3,4)8-6-7-9(2)11/h6-8H,5H2,1-4H3/b8-6-,9-7+. The highest BCUT2D eigenvalue weighted by Crippen LogP contribution is 2.21. The molecule has 0 aromatic carbocycles. The summed E-state index contributed by atoms with van der Waals surface area (Å²) in [6.07, 6.45) is 7.27. The molecule has 0 amide bonds. The van der Waals surface area contributed by atoms with E-state index < -0.39 is 0 Å². The van der Waals surface area contributed by atoms with Crippen molar-refractivity contribution in [3.05, 3.63) is 23.3 Å². The van der Waals surface area contributed by atoms with Gasteiger partial charge in [0.2, 0.25) is 0 Å². The molecule has 0 aromatic rings. The predicted octanol–water partition coefficient (Wildman–Crippen LogP) is 4.12. The Balaban J connectivity index is 4.02. The molecule has 0 aliphatic rings. The van der Waals surface area contributed by atoms with Crippen LogP contribution in [0.2, 0.25) is 0 Å². The van der Waals surface area contributed by atoms with Crippen LogP contribution in [0.1, 0.15) is 34.1 Å². The molecule has 0 saturated carbocycles. The third kappa shape index (κ3) is 6.18. The lowest BCUT2D eigenvalue weighted by Crippen LogP contribution is -2.03. The second-order valence-corrected chi connectivity index (χ2v) is 4.05. The van der Waals surface area contributed by atoms with Crippen molar-refractivity contribution in [3.8, 4) is 0 Å². The van der Waals surface area contributed by atoms with Gasteiger partial charge < -0.3 is 0 Å². The van der Waals surface area contributed by atoms with Gasteiger partial charge in [-0.05, 0) is 24.8 Å². The van der Waals surface area contributed by atoms with E-state index in [9.17, 15) is 0 Å². The van der Waals surface area contributed by atoms with Crippen LogP contribution in [0, 0.1) is 5.41 Å². The number of rotatable bonds is 3. The molecule has 1 heteroatoms. The van der Waals surface area contributed by atoms with Crippen LogP contribution in [0.25, 0.3) is 0 Å². The summed E-state index contributed by atoms with van der Waals surface area (Å²) in [5.74, 6) is 0. The van der Waals surface area contributed by atoms with Crippen LogP contribution in [-0.4, -0.2) is 0 Å². The first kappa shape index (κ1) is 10.8. The minimum absolute atomic E-state index is 0.294. The zero-order valence-electron chi connectivity index (χ0n) is 7.82. The Morgan fingerprint density at radius 2 is 2.00 bits per heavy atom. The first-order valence-electron chi connectivity index (χ1n) is 3.99. The summed E-state index contributed by atoms with van der Waals surface area (Å²) >= 11 is 5.66. The van der Waals surface area contributed by atoms with Crippen LogP contribution in [0.4, 0.5) is 0 Å². The zero-order valence-corrected chi connectivity index (χ0v) is 8.57. The molecule has 0 rings (SSSR count). The lowest BCUT2D eigenvalue weighted by atomic mass is 9.90. The number of hydrogen-bond acceptors (Lipinski definition) is 0. The minimum atomic E-state index is 0.294. The fraction of sp³-hybridized carbons (Fsp3) is 0.600. The van der Waals surface area contributed by atoms with Gasteiger partial charge in [-0.2, -0.15) is 0 Å². The largest absolute Gasteiger partial charge is 0.0895 e. The van der Waals surface area contributed by atoms with Crippen molar-refractivity contribution < 1.29 is 0 Å². The van der Waals surface area contributed by atoms with Gasteiger partial charge in [-0.1, -0.05) is 44.5 Å². The van der Waals surface area contributed by atoms with Crippen molar-refractivity contribution in [3.63, 3.8) is 0 Å². The Labute approximate surface area is 74.9 Å². The quantitative estimate of drug-likeness (QED) is 0.562. The van der Waals surface area contributed by atoms with E-state index in [1.807, 2.05) is 19.1 Å². The van der Waals surface area contributed by atoms with E-state index in [0.717, 1.165) is 11.5 Å². The van der Waals surface area contributed by atoms with Gasteiger partial charge >= 0.3 is 0 Å². The second-order valence-electron chi connectivity index (χ2n) is 3.45. The smallest absolute Gasteiger partial charge is 0.0149 e. The van der Waals surface area contributed by atoms with E-state index in [4.69, 9.17) is 11.6 Å². The van der Waals surface area contributed by atoms with Gasteiger partial charge in [0.15, 0.2) is 0 Å². The van der Waals surface area contributed by atoms with E-state index in [2.05, 4.69) is 26.8 Å². The molecule has 0 aliphatic heterocycles. The molecular weight excluding hydrogens is 156 g/mol. The Bertz CT molecular complexity index is 160.